The second-order valence-corrected chi connectivity index (χ2v) is 13.1. The first-order valence-electron chi connectivity index (χ1n) is 17.7. The van der Waals surface area contributed by atoms with E-state index in [4.69, 9.17) is 28.4 Å². The Labute approximate surface area is 315 Å². The van der Waals surface area contributed by atoms with Gasteiger partial charge in [0.15, 0.2) is 5.78 Å². The number of carbonyl (C=O) groups excluding carboxylic acids is 1. The second kappa shape index (κ2) is 20.3. The van der Waals surface area contributed by atoms with Crippen LogP contribution in [0.2, 0.25) is 0 Å². The average Bonchev–Trinajstić information content (AvgIpc) is 3.16. The molecule has 4 aromatic rings. The molecule has 4 rings (SSSR count). The van der Waals surface area contributed by atoms with E-state index >= 15 is 0 Å². The highest BCUT2D eigenvalue weighted by atomic mass is 16.5. The molecule has 0 amide bonds. The molecular weight excluding hydrogens is 664 g/mol. The van der Waals surface area contributed by atoms with E-state index < -0.39 is 5.41 Å². The predicted octanol–water partition coefficient (Wildman–Crippen LogP) is 10.2. The van der Waals surface area contributed by atoms with Crippen LogP contribution in [0.3, 0.4) is 0 Å². The lowest BCUT2D eigenvalue weighted by Gasteiger charge is -2.30. The minimum atomic E-state index is -0.510. The molecule has 0 aromatic heterocycles. The summed E-state index contributed by atoms with van der Waals surface area (Å²) in [5, 5.41) is 0. The van der Waals surface area contributed by atoms with Crippen LogP contribution in [0.5, 0.6) is 17.2 Å². The minimum Gasteiger partial charge on any atom is -0.496 e. The first-order chi connectivity index (χ1) is 25.7. The standard InChI is InChI=1S/C46H52O7/c1-9-21-49-29-36-25-40(26-37(44(36)48-8)30-50-22-10-2)46(6,7)41-27-38(31-51-23-11-3)45(39(28-41)32-52-24-12-4)53-42-19-17-35(18-20-42)43(47)34-15-13-33(5)14-16-34/h9-20,25-28H,1-4,21-24,29-32H2,5-8H3. The van der Waals surface area contributed by atoms with Gasteiger partial charge in [-0.25, -0.2) is 0 Å². The Kier molecular flexibility index (Phi) is 15.6. The van der Waals surface area contributed by atoms with Crippen LogP contribution in [0.25, 0.3) is 0 Å². The van der Waals surface area contributed by atoms with Crippen LogP contribution < -0.4 is 9.47 Å². The molecule has 0 radical (unpaired) electrons. The van der Waals surface area contributed by atoms with Gasteiger partial charge in [-0.05, 0) is 66.6 Å². The highest BCUT2D eigenvalue weighted by molar-refractivity contribution is 6.09. The average molecular weight is 717 g/mol. The first-order valence-corrected chi connectivity index (χ1v) is 17.7. The Morgan fingerprint density at radius 2 is 0.943 bits per heavy atom. The molecule has 278 valence electrons. The van der Waals surface area contributed by atoms with E-state index in [1.807, 2.05) is 43.3 Å². The smallest absolute Gasteiger partial charge is 0.193 e. The van der Waals surface area contributed by atoms with Gasteiger partial charge >= 0.3 is 0 Å². The highest BCUT2D eigenvalue weighted by Gasteiger charge is 2.29. The Morgan fingerprint density at radius 1 is 0.585 bits per heavy atom. The number of ether oxygens (including phenoxy) is 6. The summed E-state index contributed by atoms with van der Waals surface area (Å²) in [6.45, 7) is 24.4. The minimum absolute atomic E-state index is 0.0513. The molecule has 4 aromatic carbocycles. The van der Waals surface area contributed by atoms with Crippen LogP contribution in [-0.4, -0.2) is 39.3 Å². The molecule has 53 heavy (non-hydrogen) atoms. The van der Waals surface area contributed by atoms with Gasteiger partial charge in [-0.2, -0.15) is 0 Å². The number of rotatable bonds is 23. The number of hydrogen-bond acceptors (Lipinski definition) is 7. The van der Waals surface area contributed by atoms with Crippen LogP contribution in [0.4, 0.5) is 0 Å². The lowest BCUT2D eigenvalue weighted by Crippen LogP contribution is -2.21. The third-order valence-electron chi connectivity index (χ3n) is 8.76. The molecule has 0 heterocycles. The molecule has 0 N–H and O–H groups in total. The number of carbonyl (C=O) groups is 1. The zero-order valence-corrected chi connectivity index (χ0v) is 31.6. The maximum absolute atomic E-state index is 13.2. The van der Waals surface area contributed by atoms with Crippen LogP contribution in [0.1, 0.15) is 68.7 Å². The van der Waals surface area contributed by atoms with Crippen molar-refractivity contribution in [3.8, 4) is 17.2 Å². The number of methoxy groups -OCH3 is 1. The van der Waals surface area contributed by atoms with Gasteiger partial charge in [0.25, 0.3) is 0 Å². The number of hydrogen-bond donors (Lipinski definition) is 0. The maximum Gasteiger partial charge on any atom is 0.193 e. The molecule has 0 saturated carbocycles. The Hall–Kier alpha value is -5.05. The van der Waals surface area contributed by atoms with Gasteiger partial charge in [0.2, 0.25) is 0 Å². The van der Waals surface area contributed by atoms with Crippen molar-refractivity contribution in [2.24, 2.45) is 0 Å². The van der Waals surface area contributed by atoms with Crippen LogP contribution >= 0.6 is 0 Å². The van der Waals surface area contributed by atoms with Crippen molar-refractivity contribution in [1.29, 1.82) is 0 Å². The van der Waals surface area contributed by atoms with Crippen molar-refractivity contribution in [1.82, 2.24) is 0 Å². The van der Waals surface area contributed by atoms with Crippen molar-refractivity contribution in [2.45, 2.75) is 52.6 Å². The zero-order chi connectivity index (χ0) is 38.2. The fourth-order valence-electron chi connectivity index (χ4n) is 5.89. The van der Waals surface area contributed by atoms with E-state index in [-0.39, 0.29) is 19.0 Å². The fraction of sp³-hybridized carbons (Fsp3) is 0.283. The molecule has 0 spiro atoms. The maximum atomic E-state index is 13.2. The summed E-state index contributed by atoms with van der Waals surface area (Å²) in [4.78, 5) is 13.2. The largest absolute Gasteiger partial charge is 0.496 e. The number of ketones is 1. The lowest BCUT2D eigenvalue weighted by atomic mass is 9.76. The Morgan fingerprint density at radius 3 is 1.30 bits per heavy atom. The van der Waals surface area contributed by atoms with Crippen LogP contribution in [0, 0.1) is 6.92 Å². The van der Waals surface area contributed by atoms with Gasteiger partial charge in [0, 0.05) is 38.8 Å². The van der Waals surface area contributed by atoms with Gasteiger partial charge in [-0.1, -0.05) is 68.0 Å². The normalized spacial score (nSPS) is 11.2. The molecule has 0 aliphatic heterocycles. The molecule has 0 fully saturated rings. The van der Waals surface area contributed by atoms with E-state index in [9.17, 15) is 4.79 Å². The topological polar surface area (TPSA) is 72.5 Å². The third kappa shape index (κ3) is 11.0. The summed E-state index contributed by atoms with van der Waals surface area (Å²) < 4.78 is 36.3. The van der Waals surface area contributed by atoms with E-state index in [1.165, 1.54) is 0 Å². The van der Waals surface area contributed by atoms with Gasteiger partial charge in [0.05, 0.1) is 60.0 Å². The van der Waals surface area contributed by atoms with Crippen LogP contribution in [-0.2, 0) is 50.8 Å². The zero-order valence-electron chi connectivity index (χ0n) is 31.6. The SMILES string of the molecule is C=CCOCc1cc(C(C)(C)c2cc(COCC=C)c(Oc3ccc(C(=O)c4ccc(C)cc4)cc3)c(COCC=C)c2)cc(COCC=C)c1OC. The van der Waals surface area contributed by atoms with E-state index in [0.29, 0.717) is 62.3 Å². The van der Waals surface area contributed by atoms with Gasteiger partial charge in [-0.3, -0.25) is 4.79 Å². The lowest BCUT2D eigenvalue weighted by molar-refractivity contribution is 0.103. The quantitative estimate of drug-likeness (QED) is 0.0430. The van der Waals surface area contributed by atoms with Gasteiger partial charge < -0.3 is 28.4 Å². The summed E-state index contributed by atoms with van der Waals surface area (Å²) in [5.74, 6) is 1.88. The number of aryl methyl sites for hydroxylation is 1. The van der Waals surface area contributed by atoms with Gasteiger partial charge in [-0.15, -0.1) is 26.3 Å². The molecular formula is C46H52O7. The molecule has 7 heteroatoms. The van der Waals surface area contributed by atoms with Crippen molar-refractivity contribution < 1.29 is 33.2 Å². The fourth-order valence-corrected chi connectivity index (χ4v) is 5.89. The molecule has 0 atom stereocenters. The summed E-state index contributed by atoms with van der Waals surface area (Å²) in [6, 6.07) is 23.3. The molecule has 0 bridgehead atoms. The van der Waals surface area contributed by atoms with E-state index in [0.717, 1.165) is 44.7 Å². The van der Waals surface area contributed by atoms with Crippen molar-refractivity contribution in [2.75, 3.05) is 33.5 Å². The summed E-state index contributed by atoms with van der Waals surface area (Å²) in [5.41, 5.74) is 7.37. The molecule has 0 unspecified atom stereocenters. The predicted molar refractivity (Wildman–Crippen MR) is 212 cm³/mol. The summed E-state index contributed by atoms with van der Waals surface area (Å²) >= 11 is 0. The molecule has 0 aliphatic rings. The Balaban J connectivity index is 1.80. The van der Waals surface area contributed by atoms with Gasteiger partial charge in [0.1, 0.15) is 17.2 Å². The van der Waals surface area contributed by atoms with Crippen molar-refractivity contribution in [3.05, 3.63) is 173 Å². The van der Waals surface area contributed by atoms with E-state index in [1.54, 1.807) is 43.5 Å². The monoisotopic (exact) mass is 716 g/mol. The first kappa shape index (κ1) is 40.7. The summed E-state index contributed by atoms with van der Waals surface area (Å²) in [6.07, 6.45) is 6.89. The van der Waals surface area contributed by atoms with Crippen LogP contribution in [0.15, 0.2) is 123 Å². The molecule has 7 nitrogen and oxygen atoms in total. The van der Waals surface area contributed by atoms with E-state index in [2.05, 4.69) is 64.4 Å². The second-order valence-electron chi connectivity index (χ2n) is 13.1. The Bertz CT molecular complexity index is 1780. The molecule has 0 aliphatic carbocycles. The highest BCUT2D eigenvalue weighted by Crippen LogP contribution is 2.41. The molecule has 0 saturated heterocycles. The van der Waals surface area contributed by atoms with Crippen molar-refractivity contribution in [3.63, 3.8) is 0 Å². The summed E-state index contributed by atoms with van der Waals surface area (Å²) in [7, 11) is 1.66. The number of benzene rings is 4. The van der Waals surface area contributed by atoms with Crippen molar-refractivity contribution >= 4 is 5.78 Å². The third-order valence-corrected chi connectivity index (χ3v) is 8.76.